The first kappa shape index (κ1) is 8.67. The van der Waals surface area contributed by atoms with Crippen molar-refractivity contribution < 1.29 is 0 Å². The van der Waals surface area contributed by atoms with Gasteiger partial charge in [-0.1, -0.05) is 0 Å². The summed E-state index contributed by atoms with van der Waals surface area (Å²) >= 11 is 1.90. The largest absolute Gasteiger partial charge is 0.286 e. The van der Waals surface area contributed by atoms with E-state index in [0.29, 0.717) is 14.7 Å². The highest BCUT2D eigenvalue weighted by Gasteiger charge is 2.07. The SMILES string of the molecule is CCn1ncc2c(=O)c(I)n[nH]c21. The Labute approximate surface area is 87.3 Å². The summed E-state index contributed by atoms with van der Waals surface area (Å²) in [4.78, 5) is 11.5. The van der Waals surface area contributed by atoms with Crippen LogP contribution in [0.3, 0.4) is 0 Å². The van der Waals surface area contributed by atoms with Gasteiger partial charge in [0.2, 0.25) is 5.43 Å². The van der Waals surface area contributed by atoms with Crippen LogP contribution in [0, 0.1) is 3.70 Å². The molecule has 68 valence electrons. The van der Waals surface area contributed by atoms with Crippen LogP contribution in [-0.2, 0) is 6.54 Å². The van der Waals surface area contributed by atoms with Gasteiger partial charge in [0, 0.05) is 6.54 Å². The third-order valence-corrected chi connectivity index (χ3v) is 2.56. The zero-order chi connectivity index (χ0) is 9.42. The molecule has 0 aliphatic carbocycles. The number of aryl methyl sites for hydroxylation is 1. The van der Waals surface area contributed by atoms with Crippen molar-refractivity contribution in [3.05, 3.63) is 20.1 Å². The fraction of sp³-hybridized carbons (Fsp3) is 0.286. The van der Waals surface area contributed by atoms with Crippen LogP contribution in [0.25, 0.3) is 11.0 Å². The van der Waals surface area contributed by atoms with Crippen molar-refractivity contribution in [3.63, 3.8) is 0 Å². The Hall–Kier alpha value is -0.920. The quantitative estimate of drug-likeness (QED) is 0.788. The van der Waals surface area contributed by atoms with E-state index in [1.54, 1.807) is 10.9 Å². The molecule has 0 aliphatic heterocycles. The van der Waals surface area contributed by atoms with Crippen LogP contribution in [0.5, 0.6) is 0 Å². The number of fused-ring (bicyclic) bond motifs is 1. The molecule has 6 heteroatoms. The third-order valence-electron chi connectivity index (χ3n) is 1.83. The first-order valence-electron chi connectivity index (χ1n) is 3.83. The van der Waals surface area contributed by atoms with Crippen LogP contribution in [0.15, 0.2) is 11.0 Å². The minimum absolute atomic E-state index is 0.0611. The minimum Gasteiger partial charge on any atom is -0.286 e. The van der Waals surface area contributed by atoms with Crippen molar-refractivity contribution in [2.45, 2.75) is 13.5 Å². The normalized spacial score (nSPS) is 10.9. The Bertz CT molecular complexity index is 501. The number of aromatic amines is 1. The molecule has 0 radical (unpaired) electrons. The summed E-state index contributed by atoms with van der Waals surface area (Å²) < 4.78 is 2.15. The van der Waals surface area contributed by atoms with Gasteiger partial charge in [-0.2, -0.15) is 10.2 Å². The van der Waals surface area contributed by atoms with E-state index < -0.39 is 0 Å². The lowest BCUT2D eigenvalue weighted by atomic mass is 10.4. The van der Waals surface area contributed by atoms with Crippen molar-refractivity contribution in [2.24, 2.45) is 0 Å². The summed E-state index contributed by atoms with van der Waals surface area (Å²) in [6.07, 6.45) is 1.57. The number of nitrogens with zero attached hydrogens (tertiary/aromatic N) is 3. The number of aromatic nitrogens is 4. The van der Waals surface area contributed by atoms with Crippen LogP contribution in [0.1, 0.15) is 6.92 Å². The van der Waals surface area contributed by atoms with Crippen LogP contribution in [0.4, 0.5) is 0 Å². The predicted molar refractivity (Wildman–Crippen MR) is 56.5 cm³/mol. The molecule has 5 nitrogen and oxygen atoms in total. The standard InChI is InChI=1S/C7H7IN4O/c1-2-12-7-4(3-9-12)5(13)6(8)10-11-7/h3H,2H2,1H3,(H,11,13). The smallest absolute Gasteiger partial charge is 0.224 e. The maximum absolute atomic E-state index is 11.5. The molecule has 2 aromatic rings. The Morgan fingerprint density at radius 1 is 1.69 bits per heavy atom. The van der Waals surface area contributed by atoms with E-state index in [2.05, 4.69) is 15.3 Å². The fourth-order valence-corrected chi connectivity index (χ4v) is 1.58. The minimum atomic E-state index is -0.0611. The van der Waals surface area contributed by atoms with Gasteiger partial charge in [-0.05, 0) is 29.5 Å². The second-order valence-electron chi connectivity index (χ2n) is 2.57. The molecule has 0 aliphatic rings. The molecule has 0 spiro atoms. The van der Waals surface area contributed by atoms with Crippen LogP contribution >= 0.6 is 22.6 Å². The Balaban J connectivity index is 2.89. The number of halogens is 1. The molecule has 2 rings (SSSR count). The van der Waals surface area contributed by atoms with E-state index in [-0.39, 0.29) is 5.43 Å². The molecule has 0 bridgehead atoms. The molecular formula is C7H7IN4O. The Kier molecular flexibility index (Phi) is 2.06. The molecule has 0 saturated heterocycles. The number of H-pyrrole nitrogens is 1. The maximum Gasteiger partial charge on any atom is 0.224 e. The van der Waals surface area contributed by atoms with Crippen molar-refractivity contribution >= 4 is 33.6 Å². The average molecular weight is 290 g/mol. The topological polar surface area (TPSA) is 63.6 Å². The fourth-order valence-electron chi connectivity index (χ4n) is 1.17. The Morgan fingerprint density at radius 2 is 2.46 bits per heavy atom. The first-order valence-corrected chi connectivity index (χ1v) is 4.91. The zero-order valence-electron chi connectivity index (χ0n) is 6.91. The lowest BCUT2D eigenvalue weighted by molar-refractivity contribution is 0.672. The summed E-state index contributed by atoms with van der Waals surface area (Å²) in [6, 6.07) is 0. The summed E-state index contributed by atoms with van der Waals surface area (Å²) in [5.41, 5.74) is 0.627. The molecule has 0 unspecified atom stereocenters. The van der Waals surface area contributed by atoms with E-state index in [4.69, 9.17) is 0 Å². The monoisotopic (exact) mass is 290 g/mol. The highest BCUT2D eigenvalue weighted by molar-refractivity contribution is 14.1. The van der Waals surface area contributed by atoms with Crippen LogP contribution in [-0.4, -0.2) is 20.0 Å². The Morgan fingerprint density at radius 3 is 3.15 bits per heavy atom. The first-order chi connectivity index (χ1) is 6.24. The van der Waals surface area contributed by atoms with Gasteiger partial charge >= 0.3 is 0 Å². The number of hydrogen-bond acceptors (Lipinski definition) is 3. The van der Waals surface area contributed by atoms with E-state index in [1.165, 1.54) is 0 Å². The van der Waals surface area contributed by atoms with E-state index in [1.807, 2.05) is 29.5 Å². The van der Waals surface area contributed by atoms with E-state index in [0.717, 1.165) is 6.54 Å². The van der Waals surface area contributed by atoms with Crippen LogP contribution in [0.2, 0.25) is 0 Å². The molecule has 0 saturated carbocycles. The van der Waals surface area contributed by atoms with Gasteiger partial charge in [0.05, 0.1) is 11.6 Å². The van der Waals surface area contributed by atoms with Crippen LogP contribution < -0.4 is 5.43 Å². The third kappa shape index (κ3) is 1.25. The summed E-state index contributed by atoms with van der Waals surface area (Å²) in [6.45, 7) is 2.68. The van der Waals surface area contributed by atoms with Gasteiger partial charge in [0.1, 0.15) is 0 Å². The number of hydrogen-bond donors (Lipinski definition) is 1. The molecule has 0 amide bonds. The van der Waals surface area contributed by atoms with E-state index >= 15 is 0 Å². The molecule has 0 aromatic carbocycles. The molecule has 0 atom stereocenters. The molecular weight excluding hydrogens is 283 g/mol. The highest BCUT2D eigenvalue weighted by atomic mass is 127. The second kappa shape index (κ2) is 3.09. The molecule has 2 heterocycles. The predicted octanol–water partition coefficient (Wildman–Crippen LogP) is 0.744. The van der Waals surface area contributed by atoms with Gasteiger partial charge in [-0.25, -0.2) is 4.68 Å². The van der Waals surface area contributed by atoms with Gasteiger partial charge in [-0.3, -0.25) is 9.89 Å². The van der Waals surface area contributed by atoms with Gasteiger partial charge in [-0.15, -0.1) is 0 Å². The maximum atomic E-state index is 11.5. The van der Waals surface area contributed by atoms with Gasteiger partial charge < -0.3 is 0 Å². The average Bonchev–Trinajstić information content (AvgIpc) is 2.55. The van der Waals surface area contributed by atoms with Crippen molar-refractivity contribution in [1.82, 2.24) is 20.0 Å². The second-order valence-corrected chi connectivity index (χ2v) is 3.59. The van der Waals surface area contributed by atoms with Crippen molar-refractivity contribution in [3.8, 4) is 0 Å². The molecule has 2 aromatic heterocycles. The lowest BCUT2D eigenvalue weighted by Crippen LogP contribution is -2.10. The molecule has 0 fully saturated rings. The molecule has 13 heavy (non-hydrogen) atoms. The summed E-state index contributed by atoms with van der Waals surface area (Å²) in [7, 11) is 0. The van der Waals surface area contributed by atoms with Crippen molar-refractivity contribution in [2.75, 3.05) is 0 Å². The molecule has 1 N–H and O–H groups in total. The summed E-state index contributed by atoms with van der Waals surface area (Å²) in [5, 5.41) is 11.3. The number of nitrogens with one attached hydrogen (secondary N) is 1. The number of rotatable bonds is 1. The van der Waals surface area contributed by atoms with Gasteiger partial charge in [0.25, 0.3) is 0 Å². The van der Waals surface area contributed by atoms with Gasteiger partial charge in [0.15, 0.2) is 9.35 Å². The summed E-state index contributed by atoms with van der Waals surface area (Å²) in [5.74, 6) is 0. The van der Waals surface area contributed by atoms with E-state index in [9.17, 15) is 4.79 Å². The zero-order valence-corrected chi connectivity index (χ0v) is 9.07. The van der Waals surface area contributed by atoms with Crippen molar-refractivity contribution in [1.29, 1.82) is 0 Å². The lowest BCUT2D eigenvalue weighted by Gasteiger charge is -1.96. The highest BCUT2D eigenvalue weighted by Crippen LogP contribution is 2.05.